The van der Waals surface area contributed by atoms with E-state index < -0.39 is 6.69 Å². The molecule has 0 N–H and O–H groups in total. The zero-order valence-corrected chi connectivity index (χ0v) is 7.60. The molecule has 0 aromatic rings. The zero-order valence-electron chi connectivity index (χ0n) is 4.33. The molecular formula is C4H7Cl3Si. The first-order chi connectivity index (χ1) is 3.62. The van der Waals surface area contributed by atoms with Gasteiger partial charge >= 0.3 is 0 Å². The molecule has 0 aromatic heterocycles. The molecule has 0 radical (unpaired) electrons. The Morgan fingerprint density at radius 3 is 2.12 bits per heavy atom. The summed E-state index contributed by atoms with van der Waals surface area (Å²) in [7, 11) is 0. The highest BCUT2D eigenvalue weighted by Gasteiger charge is 2.24. The van der Waals surface area contributed by atoms with Gasteiger partial charge in [-0.2, -0.15) is 0 Å². The standard InChI is InChI=1S/C4H7Cl3Si/c1-2-3-8(6,7)4-5/h2H,1,3-4H2. The molecule has 0 heterocycles. The van der Waals surface area contributed by atoms with E-state index in [1.54, 1.807) is 6.08 Å². The fourth-order valence-electron chi connectivity index (χ4n) is 0.266. The van der Waals surface area contributed by atoms with Crippen LogP contribution in [0, 0.1) is 0 Å². The minimum Gasteiger partial charge on any atom is -0.144 e. The lowest BCUT2D eigenvalue weighted by atomic mass is 10.8. The van der Waals surface area contributed by atoms with Crippen LogP contribution >= 0.6 is 33.8 Å². The summed E-state index contributed by atoms with van der Waals surface area (Å²) in [5.74, 6) is 0. The van der Waals surface area contributed by atoms with Crippen molar-refractivity contribution in [1.82, 2.24) is 0 Å². The second-order valence-corrected chi connectivity index (χ2v) is 9.59. The van der Waals surface area contributed by atoms with Crippen molar-refractivity contribution in [1.29, 1.82) is 0 Å². The number of rotatable bonds is 3. The molecule has 0 saturated carbocycles. The van der Waals surface area contributed by atoms with Gasteiger partial charge in [-0.15, -0.1) is 40.3 Å². The summed E-state index contributed by atoms with van der Waals surface area (Å²) in [6.07, 6.45) is 1.70. The van der Waals surface area contributed by atoms with Crippen molar-refractivity contribution in [3.63, 3.8) is 0 Å². The number of halogens is 3. The molecule has 0 aliphatic rings. The van der Waals surface area contributed by atoms with Gasteiger partial charge in [0.15, 0.2) is 0 Å². The molecule has 0 bridgehead atoms. The number of hydrogen-bond donors (Lipinski definition) is 0. The molecule has 0 fully saturated rings. The molecule has 0 aliphatic heterocycles. The van der Waals surface area contributed by atoms with Crippen LogP contribution < -0.4 is 0 Å². The van der Waals surface area contributed by atoms with Crippen LogP contribution in [0.15, 0.2) is 12.7 Å². The topological polar surface area (TPSA) is 0 Å². The molecule has 0 aromatic carbocycles. The van der Waals surface area contributed by atoms with Crippen molar-refractivity contribution in [2.45, 2.75) is 6.04 Å². The fraction of sp³-hybridized carbons (Fsp3) is 0.500. The Kier molecular flexibility index (Phi) is 4.17. The van der Waals surface area contributed by atoms with Crippen LogP contribution in [0.25, 0.3) is 0 Å². The smallest absolute Gasteiger partial charge is 0.144 e. The predicted octanol–water partition coefficient (Wildman–Crippen LogP) is 2.87. The summed E-state index contributed by atoms with van der Waals surface area (Å²) < 4.78 is 0. The van der Waals surface area contributed by atoms with Gasteiger partial charge in [0.1, 0.15) is 0 Å². The molecular weight excluding hydrogens is 182 g/mol. The van der Waals surface area contributed by atoms with Crippen LogP contribution in [0.2, 0.25) is 6.04 Å². The van der Waals surface area contributed by atoms with Crippen molar-refractivity contribution in [2.24, 2.45) is 0 Å². The van der Waals surface area contributed by atoms with E-state index >= 15 is 0 Å². The van der Waals surface area contributed by atoms with Crippen molar-refractivity contribution >= 4 is 40.5 Å². The summed E-state index contributed by atoms with van der Waals surface area (Å²) in [6.45, 7) is 1.42. The van der Waals surface area contributed by atoms with Crippen molar-refractivity contribution < 1.29 is 0 Å². The van der Waals surface area contributed by atoms with E-state index in [4.69, 9.17) is 33.8 Å². The monoisotopic (exact) mass is 188 g/mol. The van der Waals surface area contributed by atoms with Crippen molar-refractivity contribution in [3.8, 4) is 0 Å². The van der Waals surface area contributed by atoms with Gasteiger partial charge in [0, 0.05) is 5.50 Å². The molecule has 0 aliphatic carbocycles. The van der Waals surface area contributed by atoms with Crippen LogP contribution in [-0.2, 0) is 0 Å². The van der Waals surface area contributed by atoms with E-state index in [1.807, 2.05) is 0 Å². The third kappa shape index (κ3) is 3.78. The Bertz CT molecular complexity index is 81.4. The molecule has 8 heavy (non-hydrogen) atoms. The zero-order chi connectivity index (χ0) is 6.62. The van der Waals surface area contributed by atoms with Crippen LogP contribution in [-0.4, -0.2) is 12.2 Å². The van der Waals surface area contributed by atoms with E-state index in [9.17, 15) is 0 Å². The lowest BCUT2D eigenvalue weighted by Gasteiger charge is -2.07. The highest BCUT2D eigenvalue weighted by molar-refractivity contribution is 7.46. The maximum Gasteiger partial charge on any atom is 0.269 e. The van der Waals surface area contributed by atoms with Crippen LogP contribution in [0.5, 0.6) is 0 Å². The number of hydrogen-bond acceptors (Lipinski definition) is 0. The van der Waals surface area contributed by atoms with Crippen LogP contribution in [0.4, 0.5) is 0 Å². The van der Waals surface area contributed by atoms with Gasteiger partial charge < -0.3 is 0 Å². The largest absolute Gasteiger partial charge is 0.269 e. The summed E-state index contributed by atoms with van der Waals surface area (Å²) in [5.41, 5.74) is 0.377. The van der Waals surface area contributed by atoms with Gasteiger partial charge in [0.2, 0.25) is 0 Å². The Morgan fingerprint density at radius 1 is 1.50 bits per heavy atom. The predicted molar refractivity (Wildman–Crippen MR) is 43.2 cm³/mol. The summed E-state index contributed by atoms with van der Waals surface area (Å²) >= 11 is 16.9. The van der Waals surface area contributed by atoms with Gasteiger partial charge in [0.05, 0.1) is 0 Å². The van der Waals surface area contributed by atoms with Gasteiger partial charge in [-0.05, 0) is 6.04 Å². The molecule has 0 unspecified atom stereocenters. The number of alkyl halides is 1. The third-order valence-electron chi connectivity index (χ3n) is 0.638. The lowest BCUT2D eigenvalue weighted by Crippen LogP contribution is -2.19. The Hall–Kier alpha value is 0.827. The van der Waals surface area contributed by atoms with E-state index in [2.05, 4.69) is 6.58 Å². The molecule has 0 nitrogen and oxygen atoms in total. The van der Waals surface area contributed by atoms with Gasteiger partial charge in [-0.25, -0.2) is 0 Å². The maximum atomic E-state index is 5.72. The first kappa shape index (κ1) is 8.83. The SMILES string of the molecule is C=CC[Si](Cl)(Cl)CCl. The Morgan fingerprint density at radius 2 is 2.00 bits per heavy atom. The van der Waals surface area contributed by atoms with E-state index in [-0.39, 0.29) is 0 Å². The minimum absolute atomic E-state index is 0.377. The van der Waals surface area contributed by atoms with Crippen LogP contribution in [0.1, 0.15) is 0 Å². The first-order valence-electron chi connectivity index (χ1n) is 2.17. The lowest BCUT2D eigenvalue weighted by molar-refractivity contribution is 1.66. The number of allylic oxidation sites excluding steroid dienone is 1. The van der Waals surface area contributed by atoms with Crippen LogP contribution in [0.3, 0.4) is 0 Å². The summed E-state index contributed by atoms with van der Waals surface area (Å²) in [6, 6.07) is 0.666. The van der Waals surface area contributed by atoms with Crippen molar-refractivity contribution in [3.05, 3.63) is 12.7 Å². The molecule has 0 spiro atoms. The Labute approximate surface area is 64.8 Å². The molecule has 0 amide bonds. The second kappa shape index (κ2) is 3.78. The highest BCUT2D eigenvalue weighted by atomic mass is 35.7. The van der Waals surface area contributed by atoms with E-state index in [0.717, 1.165) is 0 Å². The van der Waals surface area contributed by atoms with Gasteiger partial charge in [0.25, 0.3) is 6.69 Å². The summed E-state index contributed by atoms with van der Waals surface area (Å²) in [5, 5.41) is 0. The molecule has 48 valence electrons. The quantitative estimate of drug-likeness (QED) is 0.277. The average Bonchev–Trinajstić information content (AvgIpc) is 1.67. The van der Waals surface area contributed by atoms with E-state index in [1.165, 1.54) is 0 Å². The maximum absolute atomic E-state index is 5.72. The Balaban J connectivity index is 3.53. The second-order valence-electron chi connectivity index (χ2n) is 1.48. The van der Waals surface area contributed by atoms with Gasteiger partial charge in [-0.3, -0.25) is 0 Å². The summed E-state index contributed by atoms with van der Waals surface area (Å²) in [4.78, 5) is 0. The minimum atomic E-state index is -2.09. The highest BCUT2D eigenvalue weighted by Crippen LogP contribution is 2.21. The first-order valence-corrected chi connectivity index (χ1v) is 7.14. The fourth-order valence-corrected chi connectivity index (χ4v) is 1.78. The van der Waals surface area contributed by atoms with Gasteiger partial charge in [-0.1, -0.05) is 6.08 Å². The normalized spacial score (nSPS) is 11.4. The molecule has 0 saturated heterocycles. The molecule has 0 rings (SSSR count). The molecule has 4 heteroatoms. The molecule has 0 atom stereocenters. The van der Waals surface area contributed by atoms with Crippen molar-refractivity contribution in [2.75, 3.05) is 5.50 Å². The average molecular weight is 190 g/mol. The van der Waals surface area contributed by atoms with E-state index in [0.29, 0.717) is 11.5 Å². The third-order valence-corrected chi connectivity index (χ3v) is 5.83.